The lowest BCUT2D eigenvalue weighted by atomic mass is 10.1. The van der Waals surface area contributed by atoms with E-state index in [0.717, 1.165) is 19.4 Å². The van der Waals surface area contributed by atoms with Crippen LogP contribution in [-0.2, 0) is 4.79 Å². The third-order valence-corrected chi connectivity index (χ3v) is 3.69. The lowest BCUT2D eigenvalue weighted by Gasteiger charge is -2.34. The van der Waals surface area contributed by atoms with Gasteiger partial charge in [0.2, 0.25) is 0 Å². The second-order valence-electron chi connectivity index (χ2n) is 4.56. The van der Waals surface area contributed by atoms with E-state index in [2.05, 4.69) is 18.7 Å². The molecule has 0 aromatic heterocycles. The molecule has 0 spiro atoms. The van der Waals surface area contributed by atoms with Crippen LogP contribution in [0.5, 0.6) is 0 Å². The van der Waals surface area contributed by atoms with E-state index in [1.807, 2.05) is 11.8 Å². The summed E-state index contributed by atoms with van der Waals surface area (Å²) in [6, 6.07) is 0.491. The standard InChI is InChI=1S/C11H21NO2S/c1-9(2)7-12(8-11(13)14)10-3-5-15-6-4-10/h9-10H,3-8H2,1-2H3,(H,13,14). The van der Waals surface area contributed by atoms with E-state index in [9.17, 15) is 4.79 Å². The van der Waals surface area contributed by atoms with Crippen molar-refractivity contribution < 1.29 is 9.90 Å². The molecule has 1 aliphatic heterocycles. The Morgan fingerprint density at radius 1 is 1.47 bits per heavy atom. The first-order valence-electron chi connectivity index (χ1n) is 5.63. The molecule has 1 fully saturated rings. The zero-order chi connectivity index (χ0) is 11.3. The maximum absolute atomic E-state index is 10.8. The molecule has 0 bridgehead atoms. The van der Waals surface area contributed by atoms with Gasteiger partial charge in [0.25, 0.3) is 0 Å². The van der Waals surface area contributed by atoms with Crippen molar-refractivity contribution in [3.63, 3.8) is 0 Å². The maximum atomic E-state index is 10.8. The highest BCUT2D eigenvalue weighted by molar-refractivity contribution is 7.99. The van der Waals surface area contributed by atoms with Crippen LogP contribution in [0.3, 0.4) is 0 Å². The fraction of sp³-hybridized carbons (Fsp3) is 0.909. The number of carbonyl (C=O) groups is 1. The fourth-order valence-corrected chi connectivity index (χ4v) is 3.12. The lowest BCUT2D eigenvalue weighted by Crippen LogP contribution is -2.43. The Morgan fingerprint density at radius 3 is 2.53 bits per heavy atom. The summed E-state index contributed by atoms with van der Waals surface area (Å²) < 4.78 is 0. The average Bonchev–Trinajstić information content (AvgIpc) is 2.17. The van der Waals surface area contributed by atoms with E-state index < -0.39 is 5.97 Å². The molecule has 0 atom stereocenters. The molecule has 88 valence electrons. The number of hydrogen-bond acceptors (Lipinski definition) is 3. The van der Waals surface area contributed by atoms with Crippen LogP contribution in [0.4, 0.5) is 0 Å². The van der Waals surface area contributed by atoms with Crippen LogP contribution in [0.25, 0.3) is 0 Å². The van der Waals surface area contributed by atoms with Crippen LogP contribution >= 0.6 is 11.8 Å². The van der Waals surface area contributed by atoms with E-state index in [1.165, 1.54) is 11.5 Å². The Balaban J connectivity index is 2.48. The van der Waals surface area contributed by atoms with Crippen molar-refractivity contribution in [2.24, 2.45) is 5.92 Å². The number of hydrogen-bond donors (Lipinski definition) is 1. The number of thioether (sulfide) groups is 1. The third-order valence-electron chi connectivity index (χ3n) is 2.65. The summed E-state index contributed by atoms with van der Waals surface area (Å²) in [5.74, 6) is 2.20. The first kappa shape index (κ1) is 12.8. The predicted octanol–water partition coefficient (Wildman–Crippen LogP) is 1.92. The minimum absolute atomic E-state index is 0.202. The monoisotopic (exact) mass is 231 g/mol. The summed E-state index contributed by atoms with van der Waals surface area (Å²) in [7, 11) is 0. The first-order chi connectivity index (χ1) is 7.09. The molecule has 0 unspecified atom stereocenters. The SMILES string of the molecule is CC(C)CN(CC(=O)O)C1CCSCC1. The van der Waals surface area contributed by atoms with Gasteiger partial charge in [-0.3, -0.25) is 9.69 Å². The quantitative estimate of drug-likeness (QED) is 0.785. The Morgan fingerprint density at radius 2 is 2.07 bits per heavy atom. The Kier molecular flexibility index (Phi) is 5.47. The van der Waals surface area contributed by atoms with E-state index in [4.69, 9.17) is 5.11 Å². The van der Waals surface area contributed by atoms with Crippen molar-refractivity contribution in [2.75, 3.05) is 24.6 Å². The smallest absolute Gasteiger partial charge is 0.317 e. The van der Waals surface area contributed by atoms with Crippen LogP contribution in [0, 0.1) is 5.92 Å². The molecule has 1 N–H and O–H groups in total. The molecule has 0 radical (unpaired) electrons. The summed E-state index contributed by atoms with van der Waals surface area (Å²) in [5, 5.41) is 8.88. The number of rotatable bonds is 5. The van der Waals surface area contributed by atoms with Crippen LogP contribution in [0.2, 0.25) is 0 Å². The van der Waals surface area contributed by atoms with Crippen molar-refractivity contribution in [3.8, 4) is 0 Å². The molecule has 1 heterocycles. The summed E-state index contributed by atoms with van der Waals surface area (Å²) in [6.45, 7) is 5.40. The molecular formula is C11H21NO2S. The summed E-state index contributed by atoms with van der Waals surface area (Å²) >= 11 is 1.98. The molecule has 0 aromatic rings. The molecule has 1 aliphatic rings. The van der Waals surface area contributed by atoms with Gasteiger partial charge >= 0.3 is 5.97 Å². The number of carboxylic acids is 1. The van der Waals surface area contributed by atoms with Crippen molar-refractivity contribution in [2.45, 2.75) is 32.7 Å². The molecule has 0 aliphatic carbocycles. The summed E-state index contributed by atoms with van der Waals surface area (Å²) in [4.78, 5) is 12.9. The van der Waals surface area contributed by atoms with Gasteiger partial charge in [-0.05, 0) is 30.3 Å². The molecule has 1 saturated heterocycles. The lowest BCUT2D eigenvalue weighted by molar-refractivity contribution is -0.139. The third kappa shape index (κ3) is 4.89. The highest BCUT2D eigenvalue weighted by Crippen LogP contribution is 2.22. The molecule has 4 heteroatoms. The van der Waals surface area contributed by atoms with Crippen molar-refractivity contribution in [1.82, 2.24) is 4.90 Å². The molecule has 0 amide bonds. The van der Waals surface area contributed by atoms with Crippen molar-refractivity contribution >= 4 is 17.7 Å². The van der Waals surface area contributed by atoms with E-state index in [0.29, 0.717) is 12.0 Å². The summed E-state index contributed by atoms with van der Waals surface area (Å²) in [6.07, 6.45) is 2.29. The van der Waals surface area contributed by atoms with Gasteiger partial charge in [-0.1, -0.05) is 13.8 Å². The highest BCUT2D eigenvalue weighted by Gasteiger charge is 2.23. The zero-order valence-corrected chi connectivity index (χ0v) is 10.4. The fourth-order valence-electron chi connectivity index (χ4n) is 2.04. The summed E-state index contributed by atoms with van der Waals surface area (Å²) in [5.41, 5.74) is 0. The van der Waals surface area contributed by atoms with Crippen molar-refractivity contribution in [3.05, 3.63) is 0 Å². The van der Waals surface area contributed by atoms with E-state index >= 15 is 0 Å². The van der Waals surface area contributed by atoms with E-state index in [-0.39, 0.29) is 6.54 Å². The van der Waals surface area contributed by atoms with E-state index in [1.54, 1.807) is 0 Å². The predicted molar refractivity (Wildman–Crippen MR) is 64.4 cm³/mol. The molecule has 0 saturated carbocycles. The highest BCUT2D eigenvalue weighted by atomic mass is 32.2. The van der Waals surface area contributed by atoms with Crippen LogP contribution < -0.4 is 0 Å². The van der Waals surface area contributed by atoms with Gasteiger partial charge in [-0.15, -0.1) is 0 Å². The number of nitrogens with zero attached hydrogens (tertiary/aromatic N) is 1. The largest absolute Gasteiger partial charge is 0.480 e. The van der Waals surface area contributed by atoms with Gasteiger partial charge in [0.1, 0.15) is 0 Å². The molecule has 3 nitrogen and oxygen atoms in total. The second kappa shape index (κ2) is 6.38. The molecule has 0 aromatic carbocycles. The first-order valence-corrected chi connectivity index (χ1v) is 6.78. The van der Waals surface area contributed by atoms with Gasteiger partial charge in [-0.2, -0.15) is 11.8 Å². The maximum Gasteiger partial charge on any atom is 0.317 e. The van der Waals surface area contributed by atoms with Gasteiger partial charge in [0.15, 0.2) is 0 Å². The van der Waals surface area contributed by atoms with Gasteiger partial charge in [0, 0.05) is 12.6 Å². The second-order valence-corrected chi connectivity index (χ2v) is 5.79. The normalized spacial score (nSPS) is 18.7. The number of aliphatic carboxylic acids is 1. The van der Waals surface area contributed by atoms with Gasteiger partial charge < -0.3 is 5.11 Å². The number of carboxylic acid groups (broad SMARTS) is 1. The van der Waals surface area contributed by atoms with Crippen molar-refractivity contribution in [1.29, 1.82) is 0 Å². The zero-order valence-electron chi connectivity index (χ0n) is 9.61. The molecular weight excluding hydrogens is 210 g/mol. The average molecular weight is 231 g/mol. The van der Waals surface area contributed by atoms with Crippen LogP contribution in [0.15, 0.2) is 0 Å². The minimum Gasteiger partial charge on any atom is -0.480 e. The molecule has 15 heavy (non-hydrogen) atoms. The minimum atomic E-state index is -0.700. The van der Waals surface area contributed by atoms with Crippen LogP contribution in [-0.4, -0.2) is 46.6 Å². The Hall–Kier alpha value is -0.220. The molecule has 1 rings (SSSR count). The van der Waals surface area contributed by atoms with Crippen LogP contribution in [0.1, 0.15) is 26.7 Å². The topological polar surface area (TPSA) is 40.5 Å². The van der Waals surface area contributed by atoms with Gasteiger partial charge in [0.05, 0.1) is 6.54 Å². The van der Waals surface area contributed by atoms with Gasteiger partial charge in [-0.25, -0.2) is 0 Å². The Bertz CT molecular complexity index is 203. The Labute approximate surface area is 96.2 Å².